The van der Waals surface area contributed by atoms with Crippen LogP contribution in [0.5, 0.6) is 0 Å². The number of phosphoric acid groups is 1. The summed E-state index contributed by atoms with van der Waals surface area (Å²) in [7, 11) is -4.72. The minimum Gasteiger partial charge on any atom is -0.303 e. The van der Waals surface area contributed by atoms with Gasteiger partial charge in [0.25, 0.3) is 0 Å². The molecule has 1 fully saturated rings. The number of nitrogens with zero attached hydrogens (tertiary/aromatic N) is 5. The monoisotopic (exact) mass is 539 g/mol. The zero-order chi connectivity index (χ0) is 26.8. The smallest absolute Gasteiger partial charge is 0.303 e. The molecule has 1 aliphatic carbocycles. The van der Waals surface area contributed by atoms with Crippen molar-refractivity contribution in [3.8, 4) is 22.5 Å². The van der Waals surface area contributed by atoms with E-state index in [1.165, 1.54) is 16.9 Å². The topological polar surface area (TPSA) is 115 Å². The second kappa shape index (κ2) is 9.06. The summed E-state index contributed by atoms with van der Waals surface area (Å²) in [4.78, 5) is 27.3. The average Bonchev–Trinajstić information content (AvgIpc) is 3.52. The lowest BCUT2D eigenvalue weighted by Gasteiger charge is -2.11. The predicted molar refractivity (Wildman–Crippen MR) is 136 cm³/mol. The number of rotatable bonds is 7. The summed E-state index contributed by atoms with van der Waals surface area (Å²) in [5, 5.41) is 4.23. The predicted octanol–water partition coefficient (Wildman–Crippen LogP) is 5.76. The Morgan fingerprint density at radius 1 is 1.16 bits per heavy atom. The maximum Gasteiger partial charge on any atom is 0.471 e. The van der Waals surface area contributed by atoms with Gasteiger partial charge in [0.05, 0.1) is 40.4 Å². The molecule has 196 valence electrons. The maximum atomic E-state index is 16.0. The van der Waals surface area contributed by atoms with E-state index in [9.17, 15) is 8.96 Å². The highest BCUT2D eigenvalue weighted by atomic mass is 31.2. The number of phosphoric ester groups is 1. The molecule has 0 bridgehead atoms. The highest BCUT2D eigenvalue weighted by molar-refractivity contribution is 7.46. The largest absolute Gasteiger partial charge is 0.471 e. The molecule has 0 saturated heterocycles. The summed E-state index contributed by atoms with van der Waals surface area (Å²) in [6, 6.07) is 8.14. The van der Waals surface area contributed by atoms with E-state index in [1.807, 2.05) is 18.2 Å². The molecule has 0 atom stereocenters. The second-order valence-corrected chi connectivity index (χ2v) is 11.0. The quantitative estimate of drug-likeness (QED) is 0.253. The summed E-state index contributed by atoms with van der Waals surface area (Å²) in [6.07, 6.45) is 6.64. The molecule has 0 unspecified atom stereocenters. The van der Waals surface area contributed by atoms with Crippen LogP contribution < -0.4 is 0 Å². The van der Waals surface area contributed by atoms with E-state index >= 15 is 4.39 Å². The second-order valence-electron chi connectivity index (χ2n) is 9.76. The summed E-state index contributed by atoms with van der Waals surface area (Å²) < 4.78 is 48.9. The van der Waals surface area contributed by atoms with E-state index in [0.717, 1.165) is 24.1 Å². The lowest BCUT2D eigenvalue weighted by Crippen LogP contribution is -2.03. The fourth-order valence-corrected chi connectivity index (χ4v) is 4.97. The molecule has 3 heterocycles. The molecule has 2 aromatic carbocycles. The van der Waals surface area contributed by atoms with Crippen molar-refractivity contribution in [1.82, 2.24) is 24.1 Å². The van der Waals surface area contributed by atoms with Crippen molar-refractivity contribution < 1.29 is 27.7 Å². The lowest BCUT2D eigenvalue weighted by atomic mass is 9.99. The van der Waals surface area contributed by atoms with E-state index in [4.69, 9.17) is 14.8 Å². The Labute approximate surface area is 216 Å². The van der Waals surface area contributed by atoms with Gasteiger partial charge < -0.3 is 9.79 Å². The van der Waals surface area contributed by atoms with Crippen LogP contribution in [0.2, 0.25) is 0 Å². The molecule has 0 radical (unpaired) electrons. The first kappa shape index (κ1) is 24.8. The summed E-state index contributed by atoms with van der Waals surface area (Å²) in [5.74, 6) is -0.596. The average molecular weight is 539 g/mol. The van der Waals surface area contributed by atoms with Crippen molar-refractivity contribution in [2.75, 3.05) is 0 Å². The van der Waals surface area contributed by atoms with Crippen LogP contribution in [0.1, 0.15) is 49.8 Å². The van der Waals surface area contributed by atoms with Crippen LogP contribution in [0.25, 0.3) is 39.1 Å². The first-order valence-corrected chi connectivity index (χ1v) is 13.7. The van der Waals surface area contributed by atoms with Gasteiger partial charge in [-0.15, -0.1) is 0 Å². The van der Waals surface area contributed by atoms with Crippen molar-refractivity contribution in [3.63, 3.8) is 0 Å². The van der Waals surface area contributed by atoms with Gasteiger partial charge in [0.15, 0.2) is 12.4 Å². The third-order valence-electron chi connectivity index (χ3n) is 6.78. The van der Waals surface area contributed by atoms with Gasteiger partial charge in [-0.1, -0.05) is 13.8 Å². The zero-order valence-corrected chi connectivity index (χ0v) is 21.4. The fraction of sp³-hybridized carbons (Fsp3) is 0.269. The normalized spacial score (nSPS) is 14.3. The molecule has 6 rings (SSSR count). The molecule has 1 aliphatic rings. The van der Waals surface area contributed by atoms with Gasteiger partial charge in [-0.25, -0.2) is 23.0 Å². The summed E-state index contributed by atoms with van der Waals surface area (Å²) in [5.41, 5.74) is 4.54. The third kappa shape index (κ3) is 4.41. The van der Waals surface area contributed by atoms with Crippen LogP contribution in [0.3, 0.4) is 0 Å². The van der Waals surface area contributed by atoms with Crippen LogP contribution in [0, 0.1) is 11.6 Å². The molecule has 0 amide bonds. The molecule has 38 heavy (non-hydrogen) atoms. The Balaban J connectivity index is 1.49. The number of imidazole rings is 1. The molecule has 2 N–H and O–H groups in total. The van der Waals surface area contributed by atoms with Crippen molar-refractivity contribution in [2.24, 2.45) is 0 Å². The Morgan fingerprint density at radius 3 is 2.66 bits per heavy atom. The molecular weight excluding hydrogens is 515 g/mol. The Morgan fingerprint density at radius 2 is 1.95 bits per heavy atom. The van der Waals surface area contributed by atoms with Crippen LogP contribution in [-0.2, 0) is 15.8 Å². The van der Waals surface area contributed by atoms with E-state index in [1.54, 1.807) is 36.7 Å². The number of fused-ring (bicyclic) bond motifs is 2. The van der Waals surface area contributed by atoms with Crippen molar-refractivity contribution in [3.05, 3.63) is 71.8 Å². The van der Waals surface area contributed by atoms with Gasteiger partial charge in [-0.05, 0) is 54.7 Å². The Hall–Kier alpha value is -3.50. The molecule has 9 nitrogen and oxygen atoms in total. The number of hydrogen-bond acceptors (Lipinski definition) is 5. The maximum absolute atomic E-state index is 16.0. The first-order valence-electron chi connectivity index (χ1n) is 12.1. The molecule has 0 spiro atoms. The van der Waals surface area contributed by atoms with Gasteiger partial charge in [-0.2, -0.15) is 5.10 Å². The fourth-order valence-electron chi connectivity index (χ4n) is 4.71. The molecule has 5 aromatic rings. The number of halogens is 2. The van der Waals surface area contributed by atoms with E-state index in [2.05, 4.69) is 14.6 Å². The van der Waals surface area contributed by atoms with E-state index < -0.39 is 20.4 Å². The van der Waals surface area contributed by atoms with Crippen LogP contribution in [0.4, 0.5) is 8.78 Å². The molecule has 12 heteroatoms. The summed E-state index contributed by atoms with van der Waals surface area (Å²) in [6.45, 7) is 3.32. The highest BCUT2D eigenvalue weighted by Gasteiger charge is 2.32. The number of aromatic nitrogens is 5. The third-order valence-corrected chi connectivity index (χ3v) is 7.23. The van der Waals surface area contributed by atoms with Gasteiger partial charge in [0, 0.05) is 23.2 Å². The molecular formula is C26H24F2N5O4P. The van der Waals surface area contributed by atoms with Gasteiger partial charge in [0.1, 0.15) is 11.6 Å². The SMILES string of the molecule is CC(C)c1cc(-c2cn3c(-c4ccc5c(cnn5COP(=O)(O)O)c4F)c(C4CC4)nc3cn2)ccc1F. The van der Waals surface area contributed by atoms with Crippen molar-refractivity contribution in [1.29, 1.82) is 0 Å². The van der Waals surface area contributed by atoms with Crippen molar-refractivity contribution in [2.45, 2.75) is 45.3 Å². The van der Waals surface area contributed by atoms with Gasteiger partial charge >= 0.3 is 7.82 Å². The first-order chi connectivity index (χ1) is 18.1. The highest BCUT2D eigenvalue weighted by Crippen LogP contribution is 2.45. The molecule has 3 aromatic heterocycles. The lowest BCUT2D eigenvalue weighted by molar-refractivity contribution is 0.148. The Bertz CT molecular complexity index is 1760. The van der Waals surface area contributed by atoms with Gasteiger partial charge in [0.2, 0.25) is 0 Å². The van der Waals surface area contributed by atoms with Crippen LogP contribution in [-0.4, -0.2) is 33.9 Å². The zero-order valence-electron chi connectivity index (χ0n) is 20.5. The molecule has 0 aliphatic heterocycles. The minimum atomic E-state index is -4.72. The molecule has 1 saturated carbocycles. The number of benzene rings is 2. The Kier molecular flexibility index (Phi) is 5.92. The minimum absolute atomic E-state index is 0.00205. The van der Waals surface area contributed by atoms with E-state index in [0.29, 0.717) is 33.7 Å². The van der Waals surface area contributed by atoms with Crippen LogP contribution >= 0.6 is 7.82 Å². The summed E-state index contributed by atoms with van der Waals surface area (Å²) >= 11 is 0. The van der Waals surface area contributed by atoms with E-state index in [-0.39, 0.29) is 23.0 Å². The standard InChI is InChI=1S/C26H24F2N5O4P/c1-14(2)18-9-16(5-7-20(18)27)21-12-32-23(11-29-21)31-25(15-3-4-15)26(32)17-6-8-22-19(24(17)28)10-30-33(22)13-37-38(34,35)36/h5-12,14-15H,3-4,13H2,1-2H3,(H2,34,35,36). The van der Waals surface area contributed by atoms with Crippen molar-refractivity contribution >= 4 is 24.4 Å². The number of hydrogen-bond donors (Lipinski definition) is 2. The van der Waals surface area contributed by atoms with Gasteiger partial charge in [-0.3, -0.25) is 13.9 Å². The van der Waals surface area contributed by atoms with Crippen LogP contribution in [0.15, 0.2) is 48.9 Å².